The Kier molecular flexibility index (Phi) is 6.20. The summed E-state index contributed by atoms with van der Waals surface area (Å²) in [6.45, 7) is 4.16. The Labute approximate surface area is 208 Å². The van der Waals surface area contributed by atoms with E-state index >= 15 is 0 Å². The highest BCUT2D eigenvalue weighted by Gasteiger charge is 2.36. The molecule has 1 N–H and O–H groups in total. The van der Waals surface area contributed by atoms with Gasteiger partial charge in [0.1, 0.15) is 5.76 Å². The smallest absolute Gasteiger partial charge is 0.322 e. The van der Waals surface area contributed by atoms with Gasteiger partial charge in [0, 0.05) is 11.3 Å². The van der Waals surface area contributed by atoms with Gasteiger partial charge in [-0.05, 0) is 49.7 Å². The SMILES string of the molecule is COc1ccc(-c2noc(C3=C(C)N(Cc4ccco4)C(=O)NC3c3ccc(C)cc3)n2)cc1OC. The first-order valence-corrected chi connectivity index (χ1v) is 11.4. The fourth-order valence-corrected chi connectivity index (χ4v) is 4.24. The van der Waals surface area contributed by atoms with Crippen molar-refractivity contribution < 1.29 is 23.2 Å². The number of carbonyl (C=O) groups is 1. The molecule has 0 aliphatic carbocycles. The number of nitrogens with zero attached hydrogens (tertiary/aromatic N) is 3. The van der Waals surface area contributed by atoms with Crippen molar-refractivity contribution in [2.75, 3.05) is 14.2 Å². The molecule has 1 aliphatic heterocycles. The standard InChI is InChI=1S/C27H26N4O5/c1-16-7-9-18(10-8-16)24-23(17(2)31(27(32)28-24)15-20-6-5-13-35-20)26-29-25(30-36-26)19-11-12-21(33-3)22(14-19)34-4/h5-14,24H,15H2,1-4H3,(H,28,32). The number of rotatable bonds is 7. The number of benzene rings is 2. The second-order valence-corrected chi connectivity index (χ2v) is 8.45. The van der Waals surface area contributed by atoms with Crippen molar-refractivity contribution in [3.8, 4) is 22.9 Å². The van der Waals surface area contributed by atoms with Crippen LogP contribution in [0.4, 0.5) is 4.79 Å². The van der Waals surface area contributed by atoms with Crippen LogP contribution < -0.4 is 14.8 Å². The van der Waals surface area contributed by atoms with Gasteiger partial charge in [0.25, 0.3) is 5.89 Å². The summed E-state index contributed by atoms with van der Waals surface area (Å²) in [5.41, 5.74) is 4.15. The Bertz CT molecular complexity index is 1410. The van der Waals surface area contributed by atoms with E-state index in [-0.39, 0.29) is 12.6 Å². The number of nitrogens with one attached hydrogen (secondary N) is 1. The summed E-state index contributed by atoms with van der Waals surface area (Å²) >= 11 is 0. The van der Waals surface area contributed by atoms with E-state index in [1.807, 2.05) is 50.2 Å². The predicted octanol–water partition coefficient (Wildman–Crippen LogP) is 5.35. The number of urea groups is 1. The van der Waals surface area contributed by atoms with Crippen molar-refractivity contribution in [3.05, 3.63) is 89.3 Å². The molecule has 2 aromatic heterocycles. The molecular weight excluding hydrogens is 460 g/mol. The largest absolute Gasteiger partial charge is 0.493 e. The Morgan fingerprint density at radius 3 is 2.50 bits per heavy atom. The molecule has 0 radical (unpaired) electrons. The Hall–Kier alpha value is -4.53. The molecule has 3 heterocycles. The number of carbonyl (C=O) groups excluding carboxylic acids is 1. The summed E-state index contributed by atoms with van der Waals surface area (Å²) in [6, 6.07) is 16.3. The normalized spacial score (nSPS) is 15.7. The van der Waals surface area contributed by atoms with E-state index in [1.165, 1.54) is 0 Å². The number of ether oxygens (including phenoxy) is 2. The summed E-state index contributed by atoms with van der Waals surface area (Å²) < 4.78 is 22.0. The van der Waals surface area contributed by atoms with Crippen LogP contribution in [0.15, 0.2) is 75.5 Å². The van der Waals surface area contributed by atoms with Crippen molar-refractivity contribution >= 4 is 11.6 Å². The van der Waals surface area contributed by atoms with Crippen LogP contribution in [0.2, 0.25) is 0 Å². The molecule has 0 spiro atoms. The maximum Gasteiger partial charge on any atom is 0.322 e. The minimum absolute atomic E-state index is 0.238. The van der Waals surface area contributed by atoms with Gasteiger partial charge in [0.05, 0.1) is 38.6 Å². The summed E-state index contributed by atoms with van der Waals surface area (Å²) in [6.07, 6.45) is 1.58. The molecule has 2 amide bonds. The number of furan rings is 1. The van der Waals surface area contributed by atoms with Gasteiger partial charge in [-0.1, -0.05) is 35.0 Å². The highest BCUT2D eigenvalue weighted by atomic mass is 16.5. The first-order chi connectivity index (χ1) is 17.5. The zero-order valence-corrected chi connectivity index (χ0v) is 20.4. The minimum Gasteiger partial charge on any atom is -0.493 e. The molecule has 0 saturated carbocycles. The molecule has 36 heavy (non-hydrogen) atoms. The van der Waals surface area contributed by atoms with Crippen LogP contribution in [0, 0.1) is 6.92 Å². The lowest BCUT2D eigenvalue weighted by atomic mass is 9.94. The number of aromatic nitrogens is 2. The Morgan fingerprint density at radius 1 is 1.03 bits per heavy atom. The topological polar surface area (TPSA) is 103 Å². The molecule has 1 atom stereocenters. The van der Waals surface area contributed by atoms with E-state index in [9.17, 15) is 4.79 Å². The van der Waals surface area contributed by atoms with E-state index in [2.05, 4.69) is 10.5 Å². The number of amides is 2. The molecule has 1 aliphatic rings. The average molecular weight is 487 g/mol. The van der Waals surface area contributed by atoms with E-state index in [4.69, 9.17) is 23.4 Å². The Morgan fingerprint density at radius 2 is 1.81 bits per heavy atom. The molecule has 0 fully saturated rings. The summed E-state index contributed by atoms with van der Waals surface area (Å²) in [7, 11) is 3.15. The zero-order chi connectivity index (χ0) is 25.2. The van der Waals surface area contributed by atoms with Crippen molar-refractivity contribution in [3.63, 3.8) is 0 Å². The van der Waals surface area contributed by atoms with Crippen molar-refractivity contribution in [1.82, 2.24) is 20.4 Å². The lowest BCUT2D eigenvalue weighted by Crippen LogP contribution is -2.45. The van der Waals surface area contributed by atoms with Gasteiger partial charge >= 0.3 is 6.03 Å². The molecule has 4 aromatic rings. The van der Waals surface area contributed by atoms with Gasteiger partial charge in [-0.15, -0.1) is 0 Å². The number of aryl methyl sites for hydroxylation is 1. The predicted molar refractivity (Wildman–Crippen MR) is 132 cm³/mol. The monoisotopic (exact) mass is 486 g/mol. The lowest BCUT2D eigenvalue weighted by molar-refractivity contribution is 0.199. The fraction of sp³-hybridized carbons (Fsp3) is 0.222. The maximum atomic E-state index is 13.2. The number of hydrogen-bond acceptors (Lipinski definition) is 7. The van der Waals surface area contributed by atoms with E-state index < -0.39 is 6.04 Å². The van der Waals surface area contributed by atoms with Crippen LogP contribution >= 0.6 is 0 Å². The summed E-state index contributed by atoms with van der Waals surface area (Å²) in [5.74, 6) is 2.53. The molecular formula is C27H26N4O5. The van der Waals surface area contributed by atoms with Gasteiger partial charge in [-0.3, -0.25) is 4.90 Å². The van der Waals surface area contributed by atoms with Crippen LogP contribution in [0.3, 0.4) is 0 Å². The van der Waals surface area contributed by atoms with E-state index in [1.54, 1.807) is 43.6 Å². The molecule has 0 saturated heterocycles. The van der Waals surface area contributed by atoms with Crippen LogP contribution in [0.5, 0.6) is 11.5 Å². The van der Waals surface area contributed by atoms with Crippen LogP contribution in [-0.2, 0) is 6.54 Å². The average Bonchev–Trinajstić information content (AvgIpc) is 3.59. The highest BCUT2D eigenvalue weighted by Crippen LogP contribution is 2.38. The summed E-state index contributed by atoms with van der Waals surface area (Å²) in [4.78, 5) is 19.5. The van der Waals surface area contributed by atoms with Crippen molar-refractivity contribution in [2.45, 2.75) is 26.4 Å². The quantitative estimate of drug-likeness (QED) is 0.375. The van der Waals surface area contributed by atoms with Gasteiger partial charge in [-0.2, -0.15) is 4.98 Å². The second kappa shape index (κ2) is 9.61. The van der Waals surface area contributed by atoms with Gasteiger partial charge in [-0.25, -0.2) is 4.79 Å². The molecule has 9 nitrogen and oxygen atoms in total. The zero-order valence-electron chi connectivity index (χ0n) is 20.4. The second-order valence-electron chi connectivity index (χ2n) is 8.45. The van der Waals surface area contributed by atoms with Crippen LogP contribution in [0.25, 0.3) is 17.0 Å². The van der Waals surface area contributed by atoms with Gasteiger partial charge < -0.3 is 23.7 Å². The van der Waals surface area contributed by atoms with Crippen LogP contribution in [0.1, 0.15) is 35.7 Å². The third-order valence-corrected chi connectivity index (χ3v) is 6.20. The third-order valence-electron chi connectivity index (χ3n) is 6.20. The van der Waals surface area contributed by atoms with E-state index in [0.29, 0.717) is 45.8 Å². The molecule has 9 heteroatoms. The molecule has 0 bridgehead atoms. The highest BCUT2D eigenvalue weighted by molar-refractivity contribution is 5.86. The summed E-state index contributed by atoms with van der Waals surface area (Å²) in [5, 5.41) is 7.32. The molecule has 184 valence electrons. The van der Waals surface area contributed by atoms with Crippen LogP contribution in [-0.4, -0.2) is 35.3 Å². The van der Waals surface area contributed by atoms with Crippen molar-refractivity contribution in [1.29, 1.82) is 0 Å². The molecule has 5 rings (SSSR count). The van der Waals surface area contributed by atoms with Crippen molar-refractivity contribution in [2.24, 2.45) is 0 Å². The number of allylic oxidation sites excluding steroid dienone is 1. The van der Waals surface area contributed by atoms with Gasteiger partial charge in [0.15, 0.2) is 11.5 Å². The van der Waals surface area contributed by atoms with Gasteiger partial charge in [0.2, 0.25) is 5.82 Å². The Balaban J connectivity index is 1.58. The molecule has 1 unspecified atom stereocenters. The maximum absolute atomic E-state index is 13.2. The number of methoxy groups -OCH3 is 2. The fourth-order valence-electron chi connectivity index (χ4n) is 4.24. The lowest BCUT2D eigenvalue weighted by Gasteiger charge is -2.34. The number of hydrogen-bond donors (Lipinski definition) is 1. The van der Waals surface area contributed by atoms with E-state index in [0.717, 1.165) is 11.1 Å². The minimum atomic E-state index is -0.468. The third kappa shape index (κ3) is 4.31. The first-order valence-electron chi connectivity index (χ1n) is 11.4. The first kappa shape index (κ1) is 23.2. The molecule has 2 aromatic carbocycles.